The lowest BCUT2D eigenvalue weighted by atomic mass is 10.1. The molecule has 1 fully saturated rings. The van der Waals surface area contributed by atoms with Gasteiger partial charge in [0.05, 0.1) is 25.1 Å². The lowest BCUT2D eigenvalue weighted by molar-refractivity contribution is 0.137. The molecule has 0 N–H and O–H groups in total. The van der Waals surface area contributed by atoms with Gasteiger partial charge in [0.25, 0.3) is 5.88 Å². The second kappa shape index (κ2) is 5.99. The van der Waals surface area contributed by atoms with E-state index >= 15 is 0 Å². The molecule has 1 aliphatic heterocycles. The molecule has 0 amide bonds. The van der Waals surface area contributed by atoms with Gasteiger partial charge in [0.15, 0.2) is 17.3 Å². The van der Waals surface area contributed by atoms with E-state index < -0.39 is 11.6 Å². The smallest absolute Gasteiger partial charge is 0.251 e. The molecule has 3 aromatic rings. The second-order valence-electron chi connectivity index (χ2n) is 5.42. The summed E-state index contributed by atoms with van der Waals surface area (Å²) < 4.78 is 40.0. The van der Waals surface area contributed by atoms with E-state index in [1.165, 1.54) is 22.8 Å². The first-order valence-electron chi connectivity index (χ1n) is 7.36. The fourth-order valence-electron chi connectivity index (χ4n) is 2.61. The standard InChI is InChI=1S/C16H12ClF2N3O2/c17-11-6-14-20-7-13(10-2-1-3-12(18)15(10)19)22(14)21-16(11)24-9-4-5-23-8-9/h1-3,6-7,9H,4-5,8H2. The minimum Gasteiger partial charge on any atom is -0.470 e. The van der Waals surface area contributed by atoms with E-state index in [2.05, 4.69) is 10.1 Å². The maximum absolute atomic E-state index is 14.1. The number of aromatic nitrogens is 3. The summed E-state index contributed by atoms with van der Waals surface area (Å²) in [5, 5.41) is 4.60. The third-order valence-corrected chi connectivity index (χ3v) is 4.08. The maximum Gasteiger partial charge on any atom is 0.251 e. The average molecular weight is 352 g/mol. The van der Waals surface area contributed by atoms with Gasteiger partial charge in [-0.1, -0.05) is 17.7 Å². The molecule has 1 aromatic carbocycles. The minimum absolute atomic E-state index is 0.0625. The third-order valence-electron chi connectivity index (χ3n) is 3.81. The number of imidazole rings is 1. The summed E-state index contributed by atoms with van der Waals surface area (Å²) in [6, 6.07) is 5.52. The minimum atomic E-state index is -0.956. The number of ether oxygens (including phenoxy) is 2. The summed E-state index contributed by atoms with van der Waals surface area (Å²) in [7, 11) is 0. The van der Waals surface area contributed by atoms with Crippen molar-refractivity contribution in [2.45, 2.75) is 12.5 Å². The Labute approximate surface area is 140 Å². The molecular formula is C16H12ClF2N3O2. The first-order valence-corrected chi connectivity index (χ1v) is 7.74. The third kappa shape index (κ3) is 2.59. The number of rotatable bonds is 3. The SMILES string of the molecule is Fc1cccc(-c2cnc3cc(Cl)c(OC4CCOC4)nn23)c1F. The molecule has 0 saturated carbocycles. The van der Waals surface area contributed by atoms with E-state index in [-0.39, 0.29) is 17.5 Å². The number of halogens is 3. The van der Waals surface area contributed by atoms with Crippen molar-refractivity contribution in [3.63, 3.8) is 0 Å². The molecule has 8 heteroatoms. The normalized spacial score (nSPS) is 17.5. The van der Waals surface area contributed by atoms with Gasteiger partial charge in [-0.25, -0.2) is 18.3 Å². The van der Waals surface area contributed by atoms with Crippen molar-refractivity contribution >= 4 is 17.2 Å². The van der Waals surface area contributed by atoms with Crippen LogP contribution in [0, 0.1) is 11.6 Å². The van der Waals surface area contributed by atoms with Crippen molar-refractivity contribution in [3.8, 4) is 17.1 Å². The van der Waals surface area contributed by atoms with Crippen molar-refractivity contribution in [2.24, 2.45) is 0 Å². The first-order chi connectivity index (χ1) is 11.6. The van der Waals surface area contributed by atoms with E-state index in [4.69, 9.17) is 21.1 Å². The number of hydrogen-bond acceptors (Lipinski definition) is 4. The Kier molecular flexibility index (Phi) is 3.82. The summed E-state index contributed by atoms with van der Waals surface area (Å²) in [6.45, 7) is 1.08. The molecular weight excluding hydrogens is 340 g/mol. The van der Waals surface area contributed by atoms with E-state index in [0.717, 1.165) is 12.5 Å². The topological polar surface area (TPSA) is 48.7 Å². The Morgan fingerprint density at radius 3 is 3.00 bits per heavy atom. The van der Waals surface area contributed by atoms with Gasteiger partial charge >= 0.3 is 0 Å². The highest BCUT2D eigenvalue weighted by molar-refractivity contribution is 6.32. The molecule has 124 valence electrons. The van der Waals surface area contributed by atoms with Crippen LogP contribution in [0.15, 0.2) is 30.5 Å². The van der Waals surface area contributed by atoms with Gasteiger partial charge in [0, 0.05) is 18.1 Å². The fourth-order valence-corrected chi connectivity index (χ4v) is 2.79. The van der Waals surface area contributed by atoms with Gasteiger partial charge in [-0.05, 0) is 12.1 Å². The Hall–Kier alpha value is -2.25. The summed E-state index contributed by atoms with van der Waals surface area (Å²) in [6.07, 6.45) is 2.02. The quantitative estimate of drug-likeness (QED) is 0.724. The van der Waals surface area contributed by atoms with Crippen molar-refractivity contribution in [1.82, 2.24) is 14.6 Å². The zero-order valence-electron chi connectivity index (χ0n) is 12.4. The molecule has 5 nitrogen and oxygen atoms in total. The van der Waals surface area contributed by atoms with Crippen molar-refractivity contribution < 1.29 is 18.3 Å². The Morgan fingerprint density at radius 2 is 2.21 bits per heavy atom. The second-order valence-corrected chi connectivity index (χ2v) is 5.82. The van der Waals surface area contributed by atoms with Crippen LogP contribution < -0.4 is 4.74 Å². The number of fused-ring (bicyclic) bond motifs is 1. The van der Waals surface area contributed by atoms with E-state index in [1.807, 2.05) is 0 Å². The maximum atomic E-state index is 14.1. The van der Waals surface area contributed by atoms with Crippen LogP contribution in [0.25, 0.3) is 16.9 Å². The van der Waals surface area contributed by atoms with Crippen LogP contribution in [-0.4, -0.2) is 33.9 Å². The summed E-state index contributed by atoms with van der Waals surface area (Å²) in [4.78, 5) is 4.15. The van der Waals surface area contributed by atoms with E-state index in [9.17, 15) is 8.78 Å². The highest BCUT2D eigenvalue weighted by Crippen LogP contribution is 2.29. The largest absolute Gasteiger partial charge is 0.470 e. The molecule has 1 saturated heterocycles. The van der Waals surface area contributed by atoms with Crippen LogP contribution >= 0.6 is 11.6 Å². The van der Waals surface area contributed by atoms with Gasteiger partial charge in [-0.2, -0.15) is 0 Å². The molecule has 3 heterocycles. The van der Waals surface area contributed by atoms with Gasteiger partial charge in [-0.15, -0.1) is 5.10 Å². The van der Waals surface area contributed by atoms with Crippen LogP contribution in [-0.2, 0) is 4.74 Å². The summed E-state index contributed by atoms with van der Waals surface area (Å²) in [5.74, 6) is -1.69. The Balaban J connectivity index is 1.81. The fraction of sp³-hybridized carbons (Fsp3) is 0.250. The molecule has 24 heavy (non-hydrogen) atoms. The molecule has 1 unspecified atom stereocenters. The monoisotopic (exact) mass is 351 g/mol. The average Bonchev–Trinajstić information content (AvgIpc) is 3.20. The van der Waals surface area contributed by atoms with Gasteiger partial charge in [-0.3, -0.25) is 0 Å². The van der Waals surface area contributed by atoms with Gasteiger partial charge in [0.2, 0.25) is 0 Å². The lowest BCUT2D eigenvalue weighted by Gasteiger charge is -2.12. The highest BCUT2D eigenvalue weighted by atomic mass is 35.5. The summed E-state index contributed by atoms with van der Waals surface area (Å²) in [5.41, 5.74) is 0.785. The zero-order valence-corrected chi connectivity index (χ0v) is 13.1. The lowest BCUT2D eigenvalue weighted by Crippen LogP contribution is -2.17. The van der Waals surface area contributed by atoms with Gasteiger partial charge in [0.1, 0.15) is 11.1 Å². The van der Waals surface area contributed by atoms with E-state index in [1.54, 1.807) is 6.07 Å². The molecule has 4 rings (SSSR count). The number of nitrogens with zero attached hydrogens (tertiary/aromatic N) is 3. The van der Waals surface area contributed by atoms with Crippen molar-refractivity contribution in [3.05, 3.63) is 47.1 Å². The van der Waals surface area contributed by atoms with Crippen LogP contribution in [0.4, 0.5) is 8.78 Å². The highest BCUT2D eigenvalue weighted by Gasteiger charge is 2.21. The molecule has 1 aliphatic rings. The van der Waals surface area contributed by atoms with E-state index in [0.29, 0.717) is 29.6 Å². The van der Waals surface area contributed by atoms with Crippen LogP contribution in [0.2, 0.25) is 5.02 Å². The first kappa shape index (κ1) is 15.3. The molecule has 1 atom stereocenters. The van der Waals surface area contributed by atoms with Crippen molar-refractivity contribution in [2.75, 3.05) is 13.2 Å². The predicted octanol–water partition coefficient (Wildman–Crippen LogP) is 3.50. The molecule has 0 radical (unpaired) electrons. The number of benzene rings is 1. The Morgan fingerprint density at radius 1 is 1.33 bits per heavy atom. The zero-order chi connectivity index (χ0) is 16.7. The van der Waals surface area contributed by atoms with Crippen molar-refractivity contribution in [1.29, 1.82) is 0 Å². The van der Waals surface area contributed by atoms with Crippen LogP contribution in [0.1, 0.15) is 6.42 Å². The molecule has 0 spiro atoms. The predicted molar refractivity (Wildman–Crippen MR) is 83.2 cm³/mol. The summed E-state index contributed by atoms with van der Waals surface area (Å²) >= 11 is 6.18. The molecule has 0 aliphatic carbocycles. The molecule has 0 bridgehead atoms. The van der Waals surface area contributed by atoms with Crippen LogP contribution in [0.5, 0.6) is 5.88 Å². The van der Waals surface area contributed by atoms with Gasteiger partial charge < -0.3 is 9.47 Å². The van der Waals surface area contributed by atoms with Crippen LogP contribution in [0.3, 0.4) is 0 Å². The number of hydrogen-bond donors (Lipinski definition) is 0. The molecule has 2 aromatic heterocycles. The Bertz CT molecular complexity index is 910.